The fourth-order valence-electron chi connectivity index (χ4n) is 2.96. The van der Waals surface area contributed by atoms with E-state index in [1.54, 1.807) is 18.3 Å². The van der Waals surface area contributed by atoms with Crippen LogP contribution in [0.2, 0.25) is 0 Å². The average molecular weight is 355 g/mol. The van der Waals surface area contributed by atoms with E-state index < -0.39 is 0 Å². The monoisotopic (exact) mass is 355 g/mol. The highest BCUT2D eigenvalue weighted by Gasteiger charge is 2.16. The summed E-state index contributed by atoms with van der Waals surface area (Å²) in [5.41, 5.74) is 3.35. The highest BCUT2D eigenvalue weighted by atomic mass is 16.5. The van der Waals surface area contributed by atoms with Crippen LogP contribution in [0.5, 0.6) is 17.2 Å². The largest absolute Gasteiger partial charge is 0.502 e. The maximum Gasteiger partial charge on any atom is 0.200 e. The summed E-state index contributed by atoms with van der Waals surface area (Å²) < 4.78 is 10.4. The zero-order valence-electron chi connectivity index (χ0n) is 15.5. The van der Waals surface area contributed by atoms with Gasteiger partial charge in [0.2, 0.25) is 5.75 Å². The Kier molecular flexibility index (Phi) is 5.51. The molecule has 2 aromatic carbocycles. The molecule has 0 atom stereocenters. The Morgan fingerprint density at radius 3 is 2.08 bits per heavy atom. The fraction of sp³-hybridized carbons (Fsp3) is 0.350. The molecule has 0 aromatic heterocycles. The fourth-order valence-corrected chi connectivity index (χ4v) is 2.96. The van der Waals surface area contributed by atoms with Gasteiger partial charge in [-0.2, -0.15) is 5.10 Å². The second-order valence-corrected chi connectivity index (χ2v) is 6.29. The van der Waals surface area contributed by atoms with Gasteiger partial charge in [0.05, 0.1) is 33.5 Å². The van der Waals surface area contributed by atoms with E-state index in [1.165, 1.54) is 25.5 Å². The Morgan fingerprint density at radius 2 is 1.54 bits per heavy atom. The molecule has 1 aliphatic rings. The average Bonchev–Trinajstić information content (AvgIpc) is 2.68. The number of hydrazone groups is 1. The zero-order valence-corrected chi connectivity index (χ0v) is 15.5. The number of aryl methyl sites for hydroxylation is 1. The molecule has 0 saturated carbocycles. The van der Waals surface area contributed by atoms with Crippen molar-refractivity contribution in [1.82, 2.24) is 5.01 Å². The van der Waals surface area contributed by atoms with Gasteiger partial charge in [0.1, 0.15) is 0 Å². The van der Waals surface area contributed by atoms with E-state index in [4.69, 9.17) is 9.47 Å². The van der Waals surface area contributed by atoms with Crippen LogP contribution in [-0.4, -0.2) is 56.7 Å². The molecule has 6 heteroatoms. The number of anilines is 1. The van der Waals surface area contributed by atoms with Crippen molar-refractivity contribution in [2.75, 3.05) is 45.3 Å². The Hall–Kier alpha value is -2.89. The topological polar surface area (TPSA) is 57.5 Å². The maximum atomic E-state index is 9.97. The number of phenols is 1. The van der Waals surface area contributed by atoms with Crippen LogP contribution in [-0.2, 0) is 0 Å². The number of hydrogen-bond acceptors (Lipinski definition) is 6. The zero-order chi connectivity index (χ0) is 18.5. The van der Waals surface area contributed by atoms with Crippen LogP contribution in [0.15, 0.2) is 41.5 Å². The van der Waals surface area contributed by atoms with Crippen molar-refractivity contribution in [2.24, 2.45) is 5.10 Å². The van der Waals surface area contributed by atoms with Gasteiger partial charge in [-0.25, -0.2) is 0 Å². The Labute approximate surface area is 154 Å². The first-order valence-corrected chi connectivity index (χ1v) is 8.66. The van der Waals surface area contributed by atoms with Gasteiger partial charge in [0.15, 0.2) is 11.5 Å². The van der Waals surface area contributed by atoms with E-state index in [-0.39, 0.29) is 5.75 Å². The first-order valence-electron chi connectivity index (χ1n) is 8.66. The van der Waals surface area contributed by atoms with Gasteiger partial charge in [-0.15, -0.1) is 0 Å². The van der Waals surface area contributed by atoms with Crippen molar-refractivity contribution in [3.8, 4) is 17.2 Å². The molecule has 0 spiro atoms. The summed E-state index contributed by atoms with van der Waals surface area (Å²) in [4.78, 5) is 2.37. The summed E-state index contributed by atoms with van der Waals surface area (Å²) in [5, 5.41) is 16.6. The van der Waals surface area contributed by atoms with Crippen molar-refractivity contribution in [3.63, 3.8) is 0 Å². The third-order valence-corrected chi connectivity index (χ3v) is 4.53. The van der Waals surface area contributed by atoms with Crippen molar-refractivity contribution in [2.45, 2.75) is 6.92 Å². The second-order valence-electron chi connectivity index (χ2n) is 6.29. The highest BCUT2D eigenvalue weighted by Crippen LogP contribution is 2.36. The van der Waals surface area contributed by atoms with Crippen LogP contribution >= 0.6 is 0 Å². The second kappa shape index (κ2) is 7.99. The van der Waals surface area contributed by atoms with E-state index in [0.29, 0.717) is 11.5 Å². The Bertz CT molecular complexity index is 741. The molecular weight excluding hydrogens is 330 g/mol. The van der Waals surface area contributed by atoms with Gasteiger partial charge >= 0.3 is 0 Å². The lowest BCUT2D eigenvalue weighted by atomic mass is 10.2. The van der Waals surface area contributed by atoms with Crippen LogP contribution in [0.3, 0.4) is 0 Å². The van der Waals surface area contributed by atoms with Gasteiger partial charge in [0, 0.05) is 24.3 Å². The lowest BCUT2D eigenvalue weighted by molar-refractivity contribution is 0.272. The minimum atomic E-state index is -0.00105. The number of ether oxygens (including phenoxy) is 2. The lowest BCUT2D eigenvalue weighted by Crippen LogP contribution is -2.44. The van der Waals surface area contributed by atoms with Crippen molar-refractivity contribution in [3.05, 3.63) is 47.5 Å². The molecule has 6 nitrogen and oxygen atoms in total. The molecule has 26 heavy (non-hydrogen) atoms. The first kappa shape index (κ1) is 17.9. The van der Waals surface area contributed by atoms with E-state index in [0.717, 1.165) is 31.7 Å². The first-order chi connectivity index (χ1) is 12.6. The number of nitrogens with zero attached hydrogens (tertiary/aromatic N) is 3. The number of methoxy groups -OCH3 is 2. The number of piperazine rings is 1. The molecule has 1 saturated heterocycles. The predicted octanol–water partition coefficient (Wildman–Crippen LogP) is 2.87. The minimum Gasteiger partial charge on any atom is -0.502 e. The summed E-state index contributed by atoms with van der Waals surface area (Å²) in [6.07, 6.45) is 1.77. The van der Waals surface area contributed by atoms with Crippen LogP contribution in [0.4, 0.5) is 5.69 Å². The predicted molar refractivity (Wildman–Crippen MR) is 104 cm³/mol. The lowest BCUT2D eigenvalue weighted by Gasteiger charge is -2.34. The summed E-state index contributed by atoms with van der Waals surface area (Å²) in [6.45, 7) is 5.68. The van der Waals surface area contributed by atoms with Gasteiger partial charge < -0.3 is 19.5 Å². The molecule has 138 valence electrons. The van der Waals surface area contributed by atoms with Crippen molar-refractivity contribution >= 4 is 11.9 Å². The van der Waals surface area contributed by atoms with Crippen LogP contribution in [0, 0.1) is 6.92 Å². The molecule has 0 amide bonds. The third kappa shape index (κ3) is 4.02. The summed E-state index contributed by atoms with van der Waals surface area (Å²) in [6, 6.07) is 12.1. The molecule has 0 unspecified atom stereocenters. The molecule has 0 radical (unpaired) electrons. The van der Waals surface area contributed by atoms with Crippen LogP contribution in [0.1, 0.15) is 11.1 Å². The normalized spacial score (nSPS) is 14.7. The quantitative estimate of drug-likeness (QED) is 0.836. The minimum absolute atomic E-state index is 0.00105. The van der Waals surface area contributed by atoms with E-state index in [9.17, 15) is 5.11 Å². The van der Waals surface area contributed by atoms with E-state index >= 15 is 0 Å². The summed E-state index contributed by atoms with van der Waals surface area (Å²) in [7, 11) is 3.03. The van der Waals surface area contributed by atoms with Crippen molar-refractivity contribution < 1.29 is 14.6 Å². The Morgan fingerprint density at radius 1 is 0.962 bits per heavy atom. The van der Waals surface area contributed by atoms with Gasteiger partial charge in [-0.1, -0.05) is 17.7 Å². The summed E-state index contributed by atoms with van der Waals surface area (Å²) in [5.74, 6) is 0.740. The standard InChI is InChI=1S/C20H25N3O3/c1-15-4-6-17(7-5-15)22-8-10-23(11-9-22)21-14-16-12-18(25-2)20(24)19(13-16)26-3/h4-7,12-14,24H,8-11H2,1-3H3. The Balaban J connectivity index is 1.63. The van der Waals surface area contributed by atoms with Gasteiger partial charge in [-0.3, -0.25) is 5.01 Å². The number of rotatable bonds is 5. The molecule has 3 rings (SSSR count). The van der Waals surface area contributed by atoms with Crippen molar-refractivity contribution in [1.29, 1.82) is 0 Å². The third-order valence-electron chi connectivity index (χ3n) is 4.53. The number of hydrogen-bond donors (Lipinski definition) is 1. The number of phenolic OH excluding ortho intramolecular Hbond substituents is 1. The number of benzene rings is 2. The molecule has 0 bridgehead atoms. The maximum absolute atomic E-state index is 9.97. The molecule has 1 aliphatic heterocycles. The molecule has 1 N–H and O–H groups in total. The number of aromatic hydroxyl groups is 1. The van der Waals surface area contributed by atoms with E-state index in [2.05, 4.69) is 46.2 Å². The molecule has 2 aromatic rings. The SMILES string of the molecule is COc1cc(C=NN2CCN(c3ccc(C)cc3)CC2)cc(OC)c1O. The van der Waals surface area contributed by atoms with E-state index in [1.807, 2.05) is 0 Å². The molecule has 1 fully saturated rings. The van der Waals surface area contributed by atoms with Gasteiger partial charge in [0.25, 0.3) is 0 Å². The van der Waals surface area contributed by atoms with Crippen LogP contribution < -0.4 is 14.4 Å². The highest BCUT2D eigenvalue weighted by molar-refractivity contribution is 5.82. The molecule has 0 aliphatic carbocycles. The van der Waals surface area contributed by atoms with Gasteiger partial charge in [-0.05, 0) is 31.2 Å². The summed E-state index contributed by atoms with van der Waals surface area (Å²) >= 11 is 0. The smallest absolute Gasteiger partial charge is 0.200 e. The molecular formula is C20H25N3O3. The molecule has 1 heterocycles. The van der Waals surface area contributed by atoms with Crippen LogP contribution in [0.25, 0.3) is 0 Å².